The average molecular weight is 288 g/mol. The second kappa shape index (κ2) is 5.86. The molecule has 0 aliphatic heterocycles. The zero-order valence-electron chi connectivity index (χ0n) is 11.4. The number of aryl methyl sites for hydroxylation is 2. The fraction of sp³-hybridized carbons (Fsp3) is 0.294. The molecule has 1 aliphatic carbocycles. The molecule has 0 saturated heterocycles. The van der Waals surface area contributed by atoms with E-state index in [2.05, 4.69) is 18.2 Å². The molecule has 1 aliphatic rings. The summed E-state index contributed by atoms with van der Waals surface area (Å²) >= 11 is 6.19. The summed E-state index contributed by atoms with van der Waals surface area (Å²) < 4.78 is 5.89. The molecule has 20 heavy (non-hydrogen) atoms. The fourth-order valence-electron chi connectivity index (χ4n) is 2.75. The Balaban J connectivity index is 1.77. The minimum absolute atomic E-state index is 0.431. The third-order valence-electron chi connectivity index (χ3n) is 3.81. The highest BCUT2D eigenvalue weighted by atomic mass is 35.5. The van der Waals surface area contributed by atoms with Crippen LogP contribution < -0.4 is 10.5 Å². The number of hydrogen-bond donors (Lipinski definition) is 1. The van der Waals surface area contributed by atoms with E-state index >= 15 is 0 Å². The predicted octanol–water partition coefficient (Wildman–Crippen LogP) is 3.87. The number of benzene rings is 2. The van der Waals surface area contributed by atoms with E-state index in [1.54, 1.807) is 0 Å². The van der Waals surface area contributed by atoms with Gasteiger partial charge in [0.25, 0.3) is 0 Å². The minimum Gasteiger partial charge on any atom is -0.487 e. The van der Waals surface area contributed by atoms with Gasteiger partial charge in [0.2, 0.25) is 0 Å². The van der Waals surface area contributed by atoms with Gasteiger partial charge in [0.15, 0.2) is 0 Å². The lowest BCUT2D eigenvalue weighted by molar-refractivity contribution is 0.303. The van der Waals surface area contributed by atoms with Crippen LogP contribution in [0.25, 0.3) is 0 Å². The molecule has 3 rings (SSSR count). The van der Waals surface area contributed by atoms with Crippen molar-refractivity contribution in [1.82, 2.24) is 0 Å². The third kappa shape index (κ3) is 2.67. The number of halogens is 1. The maximum Gasteiger partial charge on any atom is 0.142 e. The summed E-state index contributed by atoms with van der Waals surface area (Å²) in [7, 11) is 0. The van der Waals surface area contributed by atoms with Crippen LogP contribution in [0, 0.1) is 0 Å². The molecule has 0 atom stereocenters. The SMILES string of the molecule is NCc1cccc(Cl)c1OCc1ccc2c(c1)CCC2. The highest BCUT2D eigenvalue weighted by molar-refractivity contribution is 6.32. The zero-order chi connectivity index (χ0) is 13.9. The number of ether oxygens (including phenoxy) is 1. The predicted molar refractivity (Wildman–Crippen MR) is 82.1 cm³/mol. The van der Waals surface area contributed by atoms with Crippen molar-refractivity contribution in [3.05, 3.63) is 63.7 Å². The molecule has 104 valence electrons. The highest BCUT2D eigenvalue weighted by Gasteiger charge is 2.12. The van der Waals surface area contributed by atoms with Crippen molar-refractivity contribution >= 4 is 11.6 Å². The first-order valence-corrected chi connectivity index (χ1v) is 7.36. The first kappa shape index (κ1) is 13.5. The van der Waals surface area contributed by atoms with Crippen LogP contribution in [0.3, 0.4) is 0 Å². The largest absolute Gasteiger partial charge is 0.487 e. The lowest BCUT2D eigenvalue weighted by atomic mass is 10.1. The normalized spacial score (nSPS) is 13.3. The Labute approximate surface area is 124 Å². The number of nitrogens with two attached hydrogens (primary N) is 1. The molecule has 0 amide bonds. The minimum atomic E-state index is 0.431. The second-order valence-electron chi connectivity index (χ2n) is 5.18. The van der Waals surface area contributed by atoms with Gasteiger partial charge in [-0.1, -0.05) is 41.9 Å². The van der Waals surface area contributed by atoms with Gasteiger partial charge < -0.3 is 10.5 Å². The summed E-state index contributed by atoms with van der Waals surface area (Å²) in [4.78, 5) is 0. The summed E-state index contributed by atoms with van der Waals surface area (Å²) in [6.07, 6.45) is 3.66. The Bertz CT molecular complexity index is 624. The monoisotopic (exact) mass is 287 g/mol. The van der Waals surface area contributed by atoms with Gasteiger partial charge in [-0.25, -0.2) is 0 Å². The van der Waals surface area contributed by atoms with Crippen LogP contribution in [0.4, 0.5) is 0 Å². The molecular formula is C17H18ClNO. The van der Waals surface area contributed by atoms with E-state index in [9.17, 15) is 0 Å². The second-order valence-corrected chi connectivity index (χ2v) is 5.58. The van der Waals surface area contributed by atoms with E-state index in [1.807, 2.05) is 18.2 Å². The van der Waals surface area contributed by atoms with Crippen LogP contribution >= 0.6 is 11.6 Å². The Hall–Kier alpha value is -1.51. The van der Waals surface area contributed by atoms with Crippen LogP contribution in [0.2, 0.25) is 5.02 Å². The molecule has 2 N–H and O–H groups in total. The number of fused-ring (bicyclic) bond motifs is 1. The molecule has 0 saturated carbocycles. The van der Waals surface area contributed by atoms with Crippen molar-refractivity contribution in [1.29, 1.82) is 0 Å². The number of hydrogen-bond acceptors (Lipinski definition) is 2. The third-order valence-corrected chi connectivity index (χ3v) is 4.11. The maximum atomic E-state index is 6.19. The first-order chi connectivity index (χ1) is 9.78. The van der Waals surface area contributed by atoms with E-state index < -0.39 is 0 Å². The standard InChI is InChI=1S/C17H18ClNO/c18-16-6-2-5-15(10-19)17(16)20-11-12-7-8-13-3-1-4-14(13)9-12/h2,5-9H,1,3-4,10-11,19H2. The Morgan fingerprint density at radius 2 is 1.95 bits per heavy atom. The Morgan fingerprint density at radius 3 is 2.80 bits per heavy atom. The summed E-state index contributed by atoms with van der Waals surface area (Å²) in [5, 5.41) is 0.620. The van der Waals surface area contributed by atoms with Crippen molar-refractivity contribution in [2.45, 2.75) is 32.4 Å². The lowest BCUT2D eigenvalue weighted by Crippen LogP contribution is -2.03. The van der Waals surface area contributed by atoms with E-state index in [0.717, 1.165) is 5.56 Å². The number of para-hydroxylation sites is 1. The molecule has 0 radical (unpaired) electrons. The van der Waals surface area contributed by atoms with Crippen molar-refractivity contribution in [3.63, 3.8) is 0 Å². The van der Waals surface area contributed by atoms with Crippen molar-refractivity contribution in [2.75, 3.05) is 0 Å². The zero-order valence-corrected chi connectivity index (χ0v) is 12.1. The van der Waals surface area contributed by atoms with E-state index in [1.165, 1.54) is 36.0 Å². The van der Waals surface area contributed by atoms with Crippen molar-refractivity contribution in [2.24, 2.45) is 5.73 Å². The molecule has 0 spiro atoms. The average Bonchev–Trinajstić information content (AvgIpc) is 2.93. The Kier molecular flexibility index (Phi) is 3.95. The van der Waals surface area contributed by atoms with Gasteiger partial charge in [0, 0.05) is 12.1 Å². The van der Waals surface area contributed by atoms with E-state index in [0.29, 0.717) is 23.9 Å². The molecule has 0 bridgehead atoms. The molecule has 0 unspecified atom stereocenters. The highest BCUT2D eigenvalue weighted by Crippen LogP contribution is 2.30. The smallest absolute Gasteiger partial charge is 0.142 e. The maximum absolute atomic E-state index is 6.19. The van der Waals surface area contributed by atoms with E-state index in [4.69, 9.17) is 22.1 Å². The van der Waals surface area contributed by atoms with Gasteiger partial charge in [-0.15, -0.1) is 0 Å². The van der Waals surface area contributed by atoms with Gasteiger partial charge in [-0.2, -0.15) is 0 Å². The van der Waals surface area contributed by atoms with Crippen LogP contribution in [-0.2, 0) is 26.0 Å². The van der Waals surface area contributed by atoms with Crippen molar-refractivity contribution < 1.29 is 4.74 Å². The van der Waals surface area contributed by atoms with Crippen LogP contribution in [0.15, 0.2) is 36.4 Å². The quantitative estimate of drug-likeness (QED) is 0.926. The molecule has 0 fully saturated rings. The van der Waals surface area contributed by atoms with Crippen LogP contribution in [0.5, 0.6) is 5.75 Å². The summed E-state index contributed by atoms with van der Waals surface area (Å²) in [6.45, 7) is 0.962. The van der Waals surface area contributed by atoms with Crippen molar-refractivity contribution in [3.8, 4) is 5.75 Å². The first-order valence-electron chi connectivity index (χ1n) is 6.99. The lowest BCUT2D eigenvalue weighted by Gasteiger charge is -2.12. The molecule has 3 heteroatoms. The summed E-state index contributed by atoms with van der Waals surface area (Å²) in [5.74, 6) is 0.706. The number of rotatable bonds is 4. The van der Waals surface area contributed by atoms with Gasteiger partial charge in [0.05, 0.1) is 5.02 Å². The van der Waals surface area contributed by atoms with Gasteiger partial charge in [-0.3, -0.25) is 0 Å². The van der Waals surface area contributed by atoms with Crippen LogP contribution in [-0.4, -0.2) is 0 Å². The van der Waals surface area contributed by atoms with Crippen LogP contribution in [0.1, 0.15) is 28.7 Å². The Morgan fingerprint density at radius 1 is 1.10 bits per heavy atom. The fourth-order valence-corrected chi connectivity index (χ4v) is 3.00. The summed E-state index contributed by atoms with van der Waals surface area (Å²) in [6, 6.07) is 12.3. The molecule has 0 aromatic heterocycles. The molecule has 2 aromatic carbocycles. The molecule has 2 aromatic rings. The van der Waals surface area contributed by atoms with Gasteiger partial charge in [-0.05, 0) is 42.0 Å². The molecule has 2 nitrogen and oxygen atoms in total. The summed E-state index contributed by atoms with van der Waals surface area (Å²) in [5.41, 5.74) is 10.8. The van der Waals surface area contributed by atoms with Gasteiger partial charge >= 0.3 is 0 Å². The topological polar surface area (TPSA) is 35.2 Å². The van der Waals surface area contributed by atoms with Gasteiger partial charge in [0.1, 0.15) is 12.4 Å². The molecule has 0 heterocycles. The van der Waals surface area contributed by atoms with E-state index in [-0.39, 0.29) is 0 Å². The molecular weight excluding hydrogens is 270 g/mol.